The van der Waals surface area contributed by atoms with Gasteiger partial charge in [-0.2, -0.15) is 0 Å². The highest BCUT2D eigenvalue weighted by atomic mass is 16.4. The highest BCUT2D eigenvalue weighted by Gasteiger charge is 2.35. The summed E-state index contributed by atoms with van der Waals surface area (Å²) in [6, 6.07) is 10.4. The summed E-state index contributed by atoms with van der Waals surface area (Å²) in [5.74, 6) is -0.236. The molecule has 0 radical (unpaired) electrons. The Morgan fingerprint density at radius 1 is 1.32 bits per heavy atom. The molecular weight excluding hydrogens is 238 g/mol. The number of hydrogen-bond acceptors (Lipinski definition) is 2. The van der Waals surface area contributed by atoms with Crippen molar-refractivity contribution < 1.29 is 9.90 Å². The molecule has 3 nitrogen and oxygen atoms in total. The van der Waals surface area contributed by atoms with E-state index in [1.807, 2.05) is 25.2 Å². The molecule has 0 bridgehead atoms. The van der Waals surface area contributed by atoms with Crippen molar-refractivity contribution in [3.8, 4) is 0 Å². The van der Waals surface area contributed by atoms with Crippen LogP contribution in [0.4, 0.5) is 0 Å². The Morgan fingerprint density at radius 2 is 2.00 bits per heavy atom. The molecule has 1 aliphatic rings. The van der Waals surface area contributed by atoms with E-state index in [1.165, 1.54) is 5.56 Å². The van der Waals surface area contributed by atoms with E-state index in [4.69, 9.17) is 0 Å². The van der Waals surface area contributed by atoms with Crippen LogP contribution in [0.5, 0.6) is 0 Å². The van der Waals surface area contributed by atoms with Crippen molar-refractivity contribution in [3.63, 3.8) is 0 Å². The van der Waals surface area contributed by atoms with Crippen LogP contribution >= 0.6 is 0 Å². The first kappa shape index (κ1) is 14.1. The van der Waals surface area contributed by atoms with Crippen molar-refractivity contribution in [2.45, 2.75) is 38.8 Å². The summed E-state index contributed by atoms with van der Waals surface area (Å²) in [6.07, 6.45) is 2.83. The monoisotopic (exact) mass is 261 g/mol. The van der Waals surface area contributed by atoms with Crippen LogP contribution < -0.4 is 0 Å². The molecule has 1 aromatic rings. The average Bonchev–Trinajstić information content (AvgIpc) is 2.39. The largest absolute Gasteiger partial charge is 0.481 e. The van der Waals surface area contributed by atoms with Crippen molar-refractivity contribution >= 4 is 5.97 Å². The third-order valence-electron chi connectivity index (χ3n) is 4.24. The van der Waals surface area contributed by atoms with E-state index in [-0.39, 0.29) is 12.0 Å². The fourth-order valence-corrected chi connectivity index (χ4v) is 3.11. The van der Waals surface area contributed by atoms with Gasteiger partial charge in [0.25, 0.3) is 0 Å². The van der Waals surface area contributed by atoms with Crippen LogP contribution in [-0.2, 0) is 11.3 Å². The molecule has 1 aliphatic carbocycles. The zero-order chi connectivity index (χ0) is 13.8. The lowest BCUT2D eigenvalue weighted by atomic mass is 9.78. The number of carboxylic acid groups (broad SMARTS) is 1. The summed E-state index contributed by atoms with van der Waals surface area (Å²) in [5.41, 5.74) is 1.24. The van der Waals surface area contributed by atoms with Crippen LogP contribution in [-0.4, -0.2) is 29.1 Å². The molecule has 2 rings (SSSR count). The second-order valence-electron chi connectivity index (χ2n) is 5.83. The van der Waals surface area contributed by atoms with Gasteiger partial charge in [0.15, 0.2) is 0 Å². The number of nitrogens with zero attached hydrogens (tertiary/aromatic N) is 1. The number of carbonyl (C=O) groups is 1. The quantitative estimate of drug-likeness (QED) is 0.905. The topological polar surface area (TPSA) is 40.5 Å². The van der Waals surface area contributed by atoms with E-state index in [9.17, 15) is 9.90 Å². The van der Waals surface area contributed by atoms with Crippen molar-refractivity contribution in [2.24, 2.45) is 11.8 Å². The zero-order valence-electron chi connectivity index (χ0n) is 11.7. The second-order valence-corrected chi connectivity index (χ2v) is 5.83. The van der Waals surface area contributed by atoms with Crippen molar-refractivity contribution in [3.05, 3.63) is 35.9 Å². The molecule has 0 heterocycles. The Labute approximate surface area is 115 Å². The van der Waals surface area contributed by atoms with Gasteiger partial charge in [0, 0.05) is 12.6 Å². The van der Waals surface area contributed by atoms with E-state index < -0.39 is 5.97 Å². The minimum atomic E-state index is -0.642. The molecule has 3 unspecified atom stereocenters. The number of benzene rings is 1. The smallest absolute Gasteiger partial charge is 0.308 e. The van der Waals surface area contributed by atoms with Gasteiger partial charge in [-0.1, -0.05) is 37.3 Å². The van der Waals surface area contributed by atoms with Gasteiger partial charge in [0.2, 0.25) is 0 Å². The molecule has 3 heteroatoms. The maximum Gasteiger partial charge on any atom is 0.308 e. The highest BCUT2D eigenvalue weighted by Crippen LogP contribution is 2.32. The molecule has 3 atom stereocenters. The van der Waals surface area contributed by atoms with Crippen LogP contribution in [0, 0.1) is 11.8 Å². The third-order valence-corrected chi connectivity index (χ3v) is 4.24. The Kier molecular flexibility index (Phi) is 4.59. The Balaban J connectivity index is 2.06. The van der Waals surface area contributed by atoms with Crippen LogP contribution in [0.3, 0.4) is 0 Å². The summed E-state index contributed by atoms with van der Waals surface area (Å²) >= 11 is 0. The maximum absolute atomic E-state index is 11.4. The number of aliphatic carboxylic acids is 1. The minimum absolute atomic E-state index is 0.154. The number of rotatable bonds is 4. The van der Waals surface area contributed by atoms with Gasteiger partial charge in [0.05, 0.1) is 5.92 Å². The first-order valence-corrected chi connectivity index (χ1v) is 7.05. The fraction of sp³-hybridized carbons (Fsp3) is 0.562. The standard InChI is InChI=1S/C16H23NO2/c1-12-8-9-14(16(18)19)15(10-12)17(2)11-13-6-4-3-5-7-13/h3-7,12,14-15H,8-11H2,1-2H3,(H,18,19). The fourth-order valence-electron chi connectivity index (χ4n) is 3.11. The summed E-state index contributed by atoms with van der Waals surface area (Å²) in [7, 11) is 2.05. The number of hydrogen-bond donors (Lipinski definition) is 1. The molecule has 1 fully saturated rings. The number of carboxylic acids is 1. The summed E-state index contributed by atoms with van der Waals surface area (Å²) in [4.78, 5) is 13.6. The maximum atomic E-state index is 11.4. The van der Waals surface area contributed by atoms with E-state index in [1.54, 1.807) is 0 Å². The lowest BCUT2D eigenvalue weighted by Gasteiger charge is -2.38. The minimum Gasteiger partial charge on any atom is -0.481 e. The van der Waals surface area contributed by atoms with Gasteiger partial charge in [-0.3, -0.25) is 9.69 Å². The SMILES string of the molecule is CC1CCC(C(=O)O)C(N(C)Cc2ccccc2)C1. The first-order valence-electron chi connectivity index (χ1n) is 7.05. The van der Waals surface area contributed by atoms with Crippen LogP contribution in [0.15, 0.2) is 30.3 Å². The van der Waals surface area contributed by atoms with Crippen LogP contribution in [0.25, 0.3) is 0 Å². The van der Waals surface area contributed by atoms with Crippen molar-refractivity contribution in [1.29, 1.82) is 0 Å². The Bertz CT molecular complexity index is 418. The average molecular weight is 261 g/mol. The second kappa shape index (κ2) is 6.20. The Morgan fingerprint density at radius 3 is 2.63 bits per heavy atom. The third kappa shape index (κ3) is 3.57. The van der Waals surface area contributed by atoms with Gasteiger partial charge in [0.1, 0.15) is 0 Å². The van der Waals surface area contributed by atoms with E-state index in [0.29, 0.717) is 5.92 Å². The molecule has 0 aromatic heterocycles. The lowest BCUT2D eigenvalue weighted by Crippen LogP contribution is -2.44. The molecule has 0 amide bonds. The van der Waals surface area contributed by atoms with Gasteiger partial charge < -0.3 is 5.11 Å². The molecule has 19 heavy (non-hydrogen) atoms. The predicted octanol–water partition coefficient (Wildman–Crippen LogP) is 3.01. The van der Waals surface area contributed by atoms with E-state index in [0.717, 1.165) is 25.8 Å². The lowest BCUT2D eigenvalue weighted by molar-refractivity contribution is -0.146. The summed E-state index contributed by atoms with van der Waals surface area (Å²) < 4.78 is 0. The summed E-state index contributed by atoms with van der Waals surface area (Å²) in [5, 5.41) is 9.38. The molecule has 1 saturated carbocycles. The van der Waals surface area contributed by atoms with E-state index >= 15 is 0 Å². The predicted molar refractivity (Wildman–Crippen MR) is 75.8 cm³/mol. The summed E-state index contributed by atoms with van der Waals surface area (Å²) in [6.45, 7) is 3.05. The van der Waals surface area contributed by atoms with Crippen LogP contribution in [0.2, 0.25) is 0 Å². The molecule has 0 spiro atoms. The molecule has 0 aliphatic heterocycles. The normalized spacial score (nSPS) is 27.4. The Hall–Kier alpha value is -1.35. The molecule has 1 N–H and O–H groups in total. The molecular formula is C16H23NO2. The van der Waals surface area contributed by atoms with Crippen molar-refractivity contribution in [2.75, 3.05) is 7.05 Å². The van der Waals surface area contributed by atoms with Gasteiger partial charge >= 0.3 is 5.97 Å². The van der Waals surface area contributed by atoms with Crippen molar-refractivity contribution in [1.82, 2.24) is 4.90 Å². The molecule has 0 saturated heterocycles. The van der Waals surface area contributed by atoms with E-state index in [2.05, 4.69) is 24.0 Å². The first-order chi connectivity index (χ1) is 9.08. The van der Waals surface area contributed by atoms with Crippen LogP contribution in [0.1, 0.15) is 31.7 Å². The van der Waals surface area contributed by atoms with Gasteiger partial charge in [-0.25, -0.2) is 0 Å². The molecule has 104 valence electrons. The van der Waals surface area contributed by atoms with Gasteiger partial charge in [-0.05, 0) is 37.8 Å². The highest BCUT2D eigenvalue weighted by molar-refractivity contribution is 5.71. The zero-order valence-corrected chi connectivity index (χ0v) is 11.7. The van der Waals surface area contributed by atoms with Gasteiger partial charge in [-0.15, -0.1) is 0 Å². The molecule has 1 aromatic carbocycles.